The summed E-state index contributed by atoms with van der Waals surface area (Å²) in [5, 5.41) is 0. The first-order valence-corrected chi connectivity index (χ1v) is 5.83. The predicted molar refractivity (Wildman–Crippen MR) is 68.2 cm³/mol. The van der Waals surface area contributed by atoms with Crippen molar-refractivity contribution >= 4 is 5.78 Å². The fraction of sp³-hybridized carbons (Fsp3) is 0.267. The van der Waals surface area contributed by atoms with Crippen LogP contribution in [0.3, 0.4) is 0 Å². The van der Waals surface area contributed by atoms with Gasteiger partial charge < -0.3 is 4.42 Å². The lowest BCUT2D eigenvalue weighted by Crippen LogP contribution is -1.92. The van der Waals surface area contributed by atoms with Gasteiger partial charge in [-0.3, -0.25) is 4.79 Å². The molecule has 0 unspecified atom stereocenters. The predicted octanol–water partition coefficient (Wildman–Crippen LogP) is 4.16. The molecule has 1 aromatic carbocycles. The second kappa shape index (κ2) is 4.58. The van der Waals surface area contributed by atoms with Crippen molar-refractivity contribution < 1.29 is 9.21 Å². The third-order valence-corrected chi connectivity index (χ3v) is 3.07. The zero-order chi connectivity index (χ0) is 12.4. The molecule has 1 aromatic heterocycles. The Morgan fingerprint density at radius 3 is 2.65 bits per heavy atom. The van der Waals surface area contributed by atoms with E-state index >= 15 is 0 Å². The molecule has 88 valence electrons. The van der Waals surface area contributed by atoms with Crippen LogP contribution >= 0.6 is 0 Å². The van der Waals surface area contributed by atoms with Crippen LogP contribution in [0.15, 0.2) is 34.7 Å². The molecule has 0 spiro atoms. The first-order valence-electron chi connectivity index (χ1n) is 5.83. The number of aryl methyl sites for hydroxylation is 1. The number of rotatable bonds is 3. The average molecular weight is 228 g/mol. The van der Waals surface area contributed by atoms with Crippen LogP contribution in [0.1, 0.15) is 35.0 Å². The summed E-state index contributed by atoms with van der Waals surface area (Å²) in [6.45, 7) is 5.97. The fourth-order valence-electron chi connectivity index (χ4n) is 1.82. The highest BCUT2D eigenvalue weighted by Crippen LogP contribution is 2.27. The highest BCUT2D eigenvalue weighted by atomic mass is 16.3. The summed E-state index contributed by atoms with van der Waals surface area (Å²) in [6, 6.07) is 9.70. The Kier molecular flexibility index (Phi) is 3.14. The lowest BCUT2D eigenvalue weighted by atomic mass is 10.0. The molecule has 0 bridgehead atoms. The SMILES string of the molecule is CCC(=O)c1ccc(-c2cccc(C)c2C)o1. The van der Waals surface area contributed by atoms with Crippen molar-refractivity contribution in [2.75, 3.05) is 0 Å². The number of furan rings is 1. The maximum absolute atomic E-state index is 11.5. The van der Waals surface area contributed by atoms with Crippen LogP contribution in [-0.4, -0.2) is 5.78 Å². The summed E-state index contributed by atoms with van der Waals surface area (Å²) in [6.07, 6.45) is 0.472. The van der Waals surface area contributed by atoms with Crippen LogP contribution in [-0.2, 0) is 0 Å². The summed E-state index contributed by atoms with van der Waals surface area (Å²) in [7, 11) is 0. The summed E-state index contributed by atoms with van der Waals surface area (Å²) >= 11 is 0. The van der Waals surface area contributed by atoms with Gasteiger partial charge in [0.25, 0.3) is 0 Å². The molecule has 17 heavy (non-hydrogen) atoms. The lowest BCUT2D eigenvalue weighted by molar-refractivity contribution is 0.0962. The molecule has 2 aromatic rings. The fourth-order valence-corrected chi connectivity index (χ4v) is 1.82. The van der Waals surface area contributed by atoms with Crippen molar-refractivity contribution in [2.45, 2.75) is 27.2 Å². The number of Topliss-reactive ketones (excluding diaryl/α,β-unsaturated/α-hetero) is 1. The van der Waals surface area contributed by atoms with Crippen LogP contribution in [0, 0.1) is 13.8 Å². The van der Waals surface area contributed by atoms with Crippen LogP contribution in [0.4, 0.5) is 0 Å². The van der Waals surface area contributed by atoms with Gasteiger partial charge in [-0.1, -0.05) is 25.1 Å². The molecule has 0 radical (unpaired) electrons. The Bertz CT molecular complexity index is 550. The first-order chi connectivity index (χ1) is 8.13. The molecule has 0 aliphatic heterocycles. The molecular weight excluding hydrogens is 212 g/mol. The van der Waals surface area contributed by atoms with E-state index < -0.39 is 0 Å². The van der Waals surface area contributed by atoms with E-state index in [0.29, 0.717) is 12.2 Å². The van der Waals surface area contributed by atoms with Crippen molar-refractivity contribution in [1.82, 2.24) is 0 Å². The number of hydrogen-bond donors (Lipinski definition) is 0. The zero-order valence-electron chi connectivity index (χ0n) is 10.4. The number of ketones is 1. The molecule has 0 saturated carbocycles. The second-order valence-electron chi connectivity index (χ2n) is 4.19. The van der Waals surface area contributed by atoms with E-state index in [2.05, 4.69) is 19.9 Å². The zero-order valence-corrected chi connectivity index (χ0v) is 10.4. The highest BCUT2D eigenvalue weighted by molar-refractivity contribution is 5.93. The number of benzene rings is 1. The molecule has 0 fully saturated rings. The molecule has 2 heteroatoms. The lowest BCUT2D eigenvalue weighted by Gasteiger charge is -2.05. The minimum absolute atomic E-state index is 0.0431. The second-order valence-corrected chi connectivity index (χ2v) is 4.19. The normalized spacial score (nSPS) is 10.5. The van der Waals surface area contributed by atoms with E-state index in [1.807, 2.05) is 25.1 Å². The van der Waals surface area contributed by atoms with Gasteiger partial charge in [0, 0.05) is 12.0 Å². The summed E-state index contributed by atoms with van der Waals surface area (Å²) in [5.74, 6) is 1.26. The van der Waals surface area contributed by atoms with Gasteiger partial charge in [-0.2, -0.15) is 0 Å². The Labute approximate surface area is 101 Å². The van der Waals surface area contributed by atoms with Crippen molar-refractivity contribution in [1.29, 1.82) is 0 Å². The summed E-state index contributed by atoms with van der Waals surface area (Å²) in [5.41, 5.74) is 3.47. The van der Waals surface area contributed by atoms with Gasteiger partial charge >= 0.3 is 0 Å². The molecule has 2 nitrogen and oxygen atoms in total. The molecule has 1 heterocycles. The molecule has 0 N–H and O–H groups in total. The Hall–Kier alpha value is -1.83. The standard InChI is InChI=1S/C15H16O2/c1-4-13(16)15-9-8-14(17-15)12-7-5-6-10(2)11(12)3/h5-9H,4H2,1-3H3. The third kappa shape index (κ3) is 2.16. The summed E-state index contributed by atoms with van der Waals surface area (Å²) in [4.78, 5) is 11.5. The van der Waals surface area contributed by atoms with E-state index in [9.17, 15) is 4.79 Å². The molecule has 0 amide bonds. The monoisotopic (exact) mass is 228 g/mol. The smallest absolute Gasteiger partial charge is 0.197 e. The van der Waals surface area contributed by atoms with Crippen LogP contribution in [0.25, 0.3) is 11.3 Å². The van der Waals surface area contributed by atoms with Crippen molar-refractivity contribution in [3.05, 3.63) is 47.2 Å². The topological polar surface area (TPSA) is 30.2 Å². The van der Waals surface area contributed by atoms with Crippen molar-refractivity contribution in [3.8, 4) is 11.3 Å². The first kappa shape index (κ1) is 11.6. The number of carbonyl (C=O) groups is 1. The van der Waals surface area contributed by atoms with Crippen molar-refractivity contribution in [3.63, 3.8) is 0 Å². The van der Waals surface area contributed by atoms with Crippen LogP contribution in [0.2, 0.25) is 0 Å². The molecule has 0 atom stereocenters. The van der Waals surface area contributed by atoms with Crippen LogP contribution in [0.5, 0.6) is 0 Å². The Balaban J connectivity index is 2.44. The largest absolute Gasteiger partial charge is 0.453 e. The molecular formula is C15H16O2. The van der Waals surface area contributed by atoms with E-state index in [4.69, 9.17) is 4.42 Å². The van der Waals surface area contributed by atoms with Crippen LogP contribution < -0.4 is 0 Å². The van der Waals surface area contributed by atoms with Gasteiger partial charge in [-0.25, -0.2) is 0 Å². The molecule has 0 aliphatic carbocycles. The average Bonchev–Trinajstić information content (AvgIpc) is 2.81. The maximum atomic E-state index is 11.5. The third-order valence-electron chi connectivity index (χ3n) is 3.07. The minimum atomic E-state index is 0.0431. The molecule has 2 rings (SSSR count). The summed E-state index contributed by atoms with van der Waals surface area (Å²) < 4.78 is 5.61. The van der Waals surface area contributed by atoms with Gasteiger partial charge in [0.05, 0.1) is 0 Å². The van der Waals surface area contributed by atoms with Gasteiger partial charge in [0.1, 0.15) is 5.76 Å². The van der Waals surface area contributed by atoms with E-state index in [1.165, 1.54) is 11.1 Å². The van der Waals surface area contributed by atoms with E-state index in [1.54, 1.807) is 6.07 Å². The Morgan fingerprint density at radius 1 is 1.18 bits per heavy atom. The molecule has 0 aliphatic rings. The highest BCUT2D eigenvalue weighted by Gasteiger charge is 2.12. The number of carbonyl (C=O) groups excluding carboxylic acids is 1. The van der Waals surface area contributed by atoms with Gasteiger partial charge in [0.15, 0.2) is 11.5 Å². The maximum Gasteiger partial charge on any atom is 0.197 e. The Morgan fingerprint density at radius 2 is 1.94 bits per heavy atom. The van der Waals surface area contributed by atoms with Gasteiger partial charge in [-0.15, -0.1) is 0 Å². The number of hydrogen-bond acceptors (Lipinski definition) is 2. The van der Waals surface area contributed by atoms with Gasteiger partial charge in [0.2, 0.25) is 0 Å². The van der Waals surface area contributed by atoms with E-state index in [0.717, 1.165) is 11.3 Å². The van der Waals surface area contributed by atoms with E-state index in [-0.39, 0.29) is 5.78 Å². The molecule has 0 saturated heterocycles. The van der Waals surface area contributed by atoms with Crippen molar-refractivity contribution in [2.24, 2.45) is 0 Å². The quantitative estimate of drug-likeness (QED) is 0.738. The van der Waals surface area contributed by atoms with Gasteiger partial charge in [-0.05, 0) is 37.1 Å². The minimum Gasteiger partial charge on any atom is -0.453 e.